The number of rotatable bonds is 22. The molecule has 2 rings (SSSR count). The van der Waals surface area contributed by atoms with Gasteiger partial charge >= 0.3 is 12.1 Å². The van der Waals surface area contributed by atoms with Crippen molar-refractivity contribution in [3.8, 4) is 5.75 Å². The highest BCUT2D eigenvalue weighted by Gasteiger charge is 2.34. The maximum Gasteiger partial charge on any atom is 0.410 e. The van der Waals surface area contributed by atoms with E-state index in [0.717, 1.165) is 5.56 Å². The summed E-state index contributed by atoms with van der Waals surface area (Å²) in [6.07, 6.45) is 3.98. The minimum Gasteiger partial charge on any atom is -0.508 e. The van der Waals surface area contributed by atoms with E-state index in [1.54, 1.807) is 39.8 Å². The number of nitrogens with one attached hydrogen (secondary N) is 4. The van der Waals surface area contributed by atoms with Crippen LogP contribution in [0.1, 0.15) is 70.9 Å². The number of thioether (sulfide) groups is 1. The number of likely N-dealkylation sites (N-methyl/N-ethyl adjacent to an activating group) is 1. The molecule has 0 aliphatic carbocycles. The van der Waals surface area contributed by atoms with Crippen LogP contribution in [0.3, 0.4) is 0 Å². The van der Waals surface area contributed by atoms with Crippen molar-refractivity contribution in [2.24, 2.45) is 0 Å². The lowest BCUT2D eigenvalue weighted by atomic mass is 10.0. The van der Waals surface area contributed by atoms with Crippen LogP contribution in [0.25, 0.3) is 0 Å². The molecule has 0 saturated carbocycles. The minimum absolute atomic E-state index is 0.0492. The number of unbranched alkanes of at least 4 members (excludes halogenated alkanes) is 2. The van der Waals surface area contributed by atoms with Gasteiger partial charge in [-0.2, -0.15) is 11.8 Å². The summed E-state index contributed by atoms with van der Waals surface area (Å²) in [6, 6.07) is 12.4. The van der Waals surface area contributed by atoms with Gasteiger partial charge in [0.2, 0.25) is 23.6 Å². The number of amides is 5. The molecule has 0 aliphatic rings. The third-order valence-electron chi connectivity index (χ3n) is 8.20. The number of aromatic hydroxyl groups is 1. The molecule has 0 unspecified atom stereocenters. The molecule has 0 fully saturated rings. The average Bonchev–Trinajstić information content (AvgIpc) is 3.13. The average molecular weight is 772 g/mol. The molecule has 0 aromatic heterocycles. The number of phenols is 1. The smallest absolute Gasteiger partial charge is 0.410 e. The summed E-state index contributed by atoms with van der Waals surface area (Å²) in [6.45, 7) is 6.93. The van der Waals surface area contributed by atoms with Crippen LogP contribution in [-0.2, 0) is 46.3 Å². The zero-order valence-electron chi connectivity index (χ0n) is 32.3. The van der Waals surface area contributed by atoms with E-state index < -0.39 is 54.1 Å². The van der Waals surface area contributed by atoms with E-state index in [0.29, 0.717) is 43.5 Å². The fourth-order valence-corrected chi connectivity index (χ4v) is 5.84. The second-order valence-corrected chi connectivity index (χ2v) is 14.7. The zero-order valence-corrected chi connectivity index (χ0v) is 33.1. The van der Waals surface area contributed by atoms with E-state index in [4.69, 9.17) is 4.74 Å². The maximum atomic E-state index is 13.9. The molecule has 54 heavy (non-hydrogen) atoms. The van der Waals surface area contributed by atoms with E-state index >= 15 is 0 Å². The second kappa shape index (κ2) is 23.8. The fraction of sp³-hybridized carbons (Fsp3) is 0.538. The third-order valence-corrected chi connectivity index (χ3v) is 8.84. The lowest BCUT2D eigenvalue weighted by molar-refractivity contribution is -0.140. The molecule has 5 N–H and O–H groups in total. The van der Waals surface area contributed by atoms with Crippen molar-refractivity contribution < 1.29 is 43.3 Å². The summed E-state index contributed by atoms with van der Waals surface area (Å²) < 4.78 is 10.2. The molecule has 14 nitrogen and oxygen atoms in total. The van der Waals surface area contributed by atoms with Crippen molar-refractivity contribution in [3.05, 3.63) is 65.7 Å². The molecule has 15 heteroatoms. The monoisotopic (exact) mass is 771 g/mol. The van der Waals surface area contributed by atoms with E-state index in [2.05, 4.69) is 26.0 Å². The van der Waals surface area contributed by atoms with Crippen molar-refractivity contribution in [1.29, 1.82) is 0 Å². The second-order valence-electron chi connectivity index (χ2n) is 13.7. The SMILES string of the molecule is CCN(C(=O)OC(C)(C)C)[C@@H](Cc1ccc(O)cc1)C(=O)N[C@H](CCSC)C(=O)NCC(=O)N[C@@H](Cc1ccccc1)C(=O)NCCCCCC(=O)OC. The van der Waals surface area contributed by atoms with Crippen molar-refractivity contribution in [1.82, 2.24) is 26.2 Å². The Morgan fingerprint density at radius 3 is 2.07 bits per heavy atom. The summed E-state index contributed by atoms with van der Waals surface area (Å²) in [7, 11) is 1.34. The van der Waals surface area contributed by atoms with Gasteiger partial charge in [-0.3, -0.25) is 28.9 Å². The van der Waals surface area contributed by atoms with E-state index in [1.165, 1.54) is 35.9 Å². The molecule has 0 aliphatic heterocycles. The Morgan fingerprint density at radius 1 is 0.815 bits per heavy atom. The first kappa shape index (κ1) is 45.4. The van der Waals surface area contributed by atoms with E-state index in [-0.39, 0.29) is 43.4 Å². The topological polar surface area (TPSA) is 192 Å². The lowest BCUT2D eigenvalue weighted by Gasteiger charge is -2.33. The molecule has 3 atom stereocenters. The molecule has 298 valence electrons. The number of phenolic OH excluding ortho intramolecular Hbond substituents is 1. The van der Waals surface area contributed by atoms with Gasteiger partial charge in [-0.05, 0) is 82.2 Å². The number of hydrogen-bond donors (Lipinski definition) is 5. The number of ether oxygens (including phenoxy) is 2. The number of carbonyl (C=O) groups is 6. The molecule has 0 heterocycles. The fourth-order valence-electron chi connectivity index (χ4n) is 5.37. The number of esters is 1. The number of methoxy groups -OCH3 is 1. The number of benzene rings is 2. The van der Waals surface area contributed by atoms with Gasteiger partial charge < -0.3 is 35.8 Å². The Kier molecular flexibility index (Phi) is 20.0. The maximum absolute atomic E-state index is 13.9. The minimum atomic E-state index is -1.06. The van der Waals surface area contributed by atoms with Crippen molar-refractivity contribution in [2.75, 3.05) is 38.8 Å². The molecular weight excluding hydrogens is 715 g/mol. The van der Waals surface area contributed by atoms with Gasteiger partial charge in [0.05, 0.1) is 13.7 Å². The van der Waals surface area contributed by atoms with Crippen molar-refractivity contribution >= 4 is 47.5 Å². The Balaban J connectivity index is 2.14. The molecule has 5 amide bonds. The molecule has 2 aromatic rings. The lowest BCUT2D eigenvalue weighted by Crippen LogP contribution is -2.57. The van der Waals surface area contributed by atoms with Gasteiger partial charge in [0.1, 0.15) is 29.5 Å². The van der Waals surface area contributed by atoms with Crippen LogP contribution < -0.4 is 21.3 Å². The van der Waals surface area contributed by atoms with Crippen LogP contribution in [0.4, 0.5) is 4.79 Å². The first-order valence-electron chi connectivity index (χ1n) is 18.2. The summed E-state index contributed by atoms with van der Waals surface area (Å²) in [4.78, 5) is 79.7. The molecule has 0 saturated heterocycles. The van der Waals surface area contributed by atoms with Gasteiger partial charge in [-0.15, -0.1) is 0 Å². The number of nitrogens with zero attached hydrogens (tertiary/aromatic N) is 1. The largest absolute Gasteiger partial charge is 0.508 e. The quantitative estimate of drug-likeness (QED) is 0.0875. The molecule has 2 aromatic carbocycles. The highest BCUT2D eigenvalue weighted by Crippen LogP contribution is 2.18. The van der Waals surface area contributed by atoms with Crippen molar-refractivity contribution in [3.63, 3.8) is 0 Å². The van der Waals surface area contributed by atoms with Gasteiger partial charge in [0, 0.05) is 32.4 Å². The van der Waals surface area contributed by atoms with Crippen LogP contribution in [0, 0.1) is 0 Å². The van der Waals surface area contributed by atoms with Crippen LogP contribution >= 0.6 is 11.8 Å². The zero-order chi connectivity index (χ0) is 40.1. The van der Waals surface area contributed by atoms with Crippen LogP contribution in [0.2, 0.25) is 0 Å². The van der Waals surface area contributed by atoms with Gasteiger partial charge in [0.25, 0.3) is 0 Å². The standard InChI is InChI=1S/C39H57N5O9S/c1-7-44(38(51)53-39(2,3)4)32(25-28-17-19-29(45)20-18-28)37(50)43-30(21-23-54-6)35(48)41-26-33(46)42-31(24-27-14-10-8-11-15-27)36(49)40-22-13-9-12-16-34(47)52-5/h8,10-11,14-15,17-20,30-32,45H,7,9,12-13,16,21-26H2,1-6H3,(H,40,49)(H,41,48)(H,42,46)(H,43,50)/t30-,31+,32+/m1/s1. The Hall–Kier alpha value is -4.79. The van der Waals surface area contributed by atoms with E-state index in [1.807, 2.05) is 36.6 Å². The van der Waals surface area contributed by atoms with Gasteiger partial charge in [-0.1, -0.05) is 48.9 Å². The highest BCUT2D eigenvalue weighted by molar-refractivity contribution is 7.98. The molecule has 0 bridgehead atoms. The summed E-state index contributed by atoms with van der Waals surface area (Å²) in [5, 5.41) is 20.7. The molecule has 0 radical (unpaired) electrons. The Labute approximate surface area is 322 Å². The van der Waals surface area contributed by atoms with Crippen LogP contribution in [-0.4, -0.2) is 108 Å². The van der Waals surface area contributed by atoms with Crippen LogP contribution in [0.15, 0.2) is 54.6 Å². The summed E-state index contributed by atoms with van der Waals surface area (Å²) in [5.74, 6) is -1.90. The Morgan fingerprint density at radius 2 is 1.46 bits per heavy atom. The predicted molar refractivity (Wildman–Crippen MR) is 208 cm³/mol. The Bertz CT molecular complexity index is 1500. The third kappa shape index (κ3) is 17.4. The summed E-state index contributed by atoms with van der Waals surface area (Å²) >= 11 is 1.47. The highest BCUT2D eigenvalue weighted by atomic mass is 32.2. The van der Waals surface area contributed by atoms with E-state index in [9.17, 15) is 33.9 Å². The van der Waals surface area contributed by atoms with Gasteiger partial charge in [0.15, 0.2) is 0 Å². The summed E-state index contributed by atoms with van der Waals surface area (Å²) in [5.41, 5.74) is 0.678. The van der Waals surface area contributed by atoms with Crippen molar-refractivity contribution in [2.45, 2.75) is 96.4 Å². The first-order chi connectivity index (χ1) is 25.7. The first-order valence-corrected chi connectivity index (χ1v) is 19.6. The molecule has 0 spiro atoms. The van der Waals surface area contributed by atoms with Gasteiger partial charge in [-0.25, -0.2) is 4.79 Å². The number of carbonyl (C=O) groups excluding carboxylic acids is 6. The predicted octanol–water partition coefficient (Wildman–Crippen LogP) is 3.49. The normalized spacial score (nSPS) is 12.7. The van der Waals surface area contributed by atoms with Crippen LogP contribution in [0.5, 0.6) is 5.75 Å². The number of hydrogen-bond acceptors (Lipinski definition) is 10. The molecular formula is C39H57N5O9S.